The zero-order valence-electron chi connectivity index (χ0n) is 15.4. The number of nitrogens with one attached hydrogen (secondary N) is 1. The van der Waals surface area contributed by atoms with Gasteiger partial charge in [0.1, 0.15) is 0 Å². The van der Waals surface area contributed by atoms with Crippen LogP contribution in [0.25, 0.3) is 0 Å². The van der Waals surface area contributed by atoms with Crippen molar-refractivity contribution in [2.75, 3.05) is 39.0 Å². The van der Waals surface area contributed by atoms with E-state index in [2.05, 4.69) is 0 Å². The number of hydrogen-bond acceptors (Lipinski definition) is 7. The van der Waals surface area contributed by atoms with Gasteiger partial charge in [-0.25, -0.2) is 34.0 Å². The molecule has 0 spiro atoms. The molecule has 9 nitrogen and oxygen atoms in total. The average molecular weight is 535 g/mol. The van der Waals surface area contributed by atoms with Crippen molar-refractivity contribution in [2.45, 2.75) is 29.3 Å². The first-order valence-corrected chi connectivity index (χ1v) is 12.8. The van der Waals surface area contributed by atoms with Crippen LogP contribution in [0.2, 0.25) is 0 Å². The SMILES string of the molecule is CS(=O)(=O)NS(=O)(=O)C(F)(F)C(F)(F)C(F)(F)S(=O)(=O)N1CCN(CCC(F)F)CC1. The molecule has 31 heavy (non-hydrogen) atoms. The third-order valence-corrected chi connectivity index (χ3v) is 8.96. The third-order valence-electron chi connectivity index (χ3n) is 3.99. The Bertz CT molecular complexity index is 963. The number of nitrogens with zero attached hydrogens (tertiary/aromatic N) is 2. The van der Waals surface area contributed by atoms with Gasteiger partial charge in [-0.05, 0) is 0 Å². The maximum absolute atomic E-state index is 14.2. The molecule has 1 saturated heterocycles. The van der Waals surface area contributed by atoms with Crippen molar-refractivity contribution in [3.05, 3.63) is 0 Å². The molecule has 0 saturated carbocycles. The van der Waals surface area contributed by atoms with Crippen LogP contribution < -0.4 is 4.13 Å². The highest BCUT2D eigenvalue weighted by Gasteiger charge is 2.82. The molecule has 1 fully saturated rings. The Labute approximate surface area is 172 Å². The summed E-state index contributed by atoms with van der Waals surface area (Å²) in [5.74, 6) is -7.11. The van der Waals surface area contributed by atoms with E-state index in [9.17, 15) is 60.4 Å². The van der Waals surface area contributed by atoms with Gasteiger partial charge >= 0.3 is 16.4 Å². The molecule has 0 radical (unpaired) electrons. The number of halogens is 8. The van der Waals surface area contributed by atoms with Gasteiger partial charge in [0.05, 0.1) is 6.26 Å². The van der Waals surface area contributed by atoms with Crippen molar-refractivity contribution in [3.63, 3.8) is 0 Å². The molecule has 1 aliphatic rings. The quantitative estimate of drug-likeness (QED) is 0.399. The second-order valence-corrected chi connectivity index (χ2v) is 12.1. The summed E-state index contributed by atoms with van der Waals surface area (Å²) in [6, 6.07) is 0. The molecule has 1 aliphatic heterocycles. The molecule has 20 heteroatoms. The first-order chi connectivity index (χ1) is 13.6. The molecule has 0 unspecified atom stereocenters. The summed E-state index contributed by atoms with van der Waals surface area (Å²) in [7, 11) is -18.8. The van der Waals surface area contributed by atoms with Crippen LogP contribution in [-0.2, 0) is 30.1 Å². The minimum Gasteiger partial charge on any atom is -0.301 e. The minimum atomic E-state index is -7.11. The third kappa shape index (κ3) is 5.57. The van der Waals surface area contributed by atoms with Gasteiger partial charge in [0.2, 0.25) is 16.4 Å². The summed E-state index contributed by atoms with van der Waals surface area (Å²) in [5.41, 5.74) is 0. The van der Waals surface area contributed by atoms with Crippen molar-refractivity contribution in [1.29, 1.82) is 0 Å². The lowest BCUT2D eigenvalue weighted by atomic mass is 10.3. The number of sulfonamides is 3. The average Bonchev–Trinajstić information content (AvgIpc) is 2.57. The van der Waals surface area contributed by atoms with E-state index in [1.54, 1.807) is 0 Å². The lowest BCUT2D eigenvalue weighted by Crippen LogP contribution is -2.66. The fraction of sp³-hybridized carbons (Fsp3) is 1.00. The Hall–Kier alpha value is -0.830. The van der Waals surface area contributed by atoms with Gasteiger partial charge in [-0.15, -0.1) is 4.13 Å². The van der Waals surface area contributed by atoms with E-state index in [-0.39, 0.29) is 21.2 Å². The number of hydrogen-bond donors (Lipinski definition) is 1. The van der Waals surface area contributed by atoms with E-state index in [4.69, 9.17) is 0 Å². The van der Waals surface area contributed by atoms with Crippen molar-refractivity contribution in [2.24, 2.45) is 0 Å². The highest BCUT2D eigenvalue weighted by Crippen LogP contribution is 2.51. The molecule has 0 bridgehead atoms. The first kappa shape index (κ1) is 28.2. The smallest absolute Gasteiger partial charge is 0.301 e. The summed E-state index contributed by atoms with van der Waals surface area (Å²) >= 11 is 0. The Morgan fingerprint density at radius 1 is 0.839 bits per heavy atom. The van der Waals surface area contributed by atoms with E-state index in [0.29, 0.717) is 0 Å². The van der Waals surface area contributed by atoms with Crippen molar-refractivity contribution in [3.8, 4) is 0 Å². The summed E-state index contributed by atoms with van der Waals surface area (Å²) in [5, 5.41) is -13.6. The highest BCUT2D eigenvalue weighted by molar-refractivity contribution is 8.05. The maximum Gasteiger partial charge on any atom is 0.429 e. The monoisotopic (exact) mass is 535 g/mol. The maximum atomic E-state index is 14.2. The largest absolute Gasteiger partial charge is 0.429 e. The second kappa shape index (κ2) is 8.84. The summed E-state index contributed by atoms with van der Waals surface area (Å²) in [6.45, 7) is -3.16. The normalized spacial score (nSPS) is 19.2. The molecule has 0 atom stereocenters. The van der Waals surface area contributed by atoms with E-state index in [1.807, 2.05) is 0 Å². The van der Waals surface area contributed by atoms with E-state index in [1.165, 1.54) is 4.90 Å². The van der Waals surface area contributed by atoms with Gasteiger partial charge in [0.25, 0.3) is 20.0 Å². The number of alkyl halides is 8. The lowest BCUT2D eigenvalue weighted by Gasteiger charge is -2.38. The topological polar surface area (TPSA) is 121 Å². The van der Waals surface area contributed by atoms with Crippen LogP contribution in [0.15, 0.2) is 0 Å². The van der Waals surface area contributed by atoms with Crippen molar-refractivity contribution < 1.29 is 60.4 Å². The highest BCUT2D eigenvalue weighted by atomic mass is 32.3. The van der Waals surface area contributed by atoms with Crippen LogP contribution in [0, 0.1) is 0 Å². The standard InChI is InChI=1S/C11H17F8N3O6S3/c1-29(23,24)20-30(25,26)10(16,17)9(14,15)11(18,19)31(27,28)22-6-4-21(5-7-22)3-2-8(12)13/h8,20H,2-7H2,1H3. The molecule has 0 aromatic carbocycles. The van der Waals surface area contributed by atoms with Crippen molar-refractivity contribution in [1.82, 2.24) is 13.3 Å². The van der Waals surface area contributed by atoms with Gasteiger partial charge in [-0.1, -0.05) is 0 Å². The molecule has 0 amide bonds. The molecule has 1 heterocycles. The van der Waals surface area contributed by atoms with Gasteiger partial charge < -0.3 is 4.90 Å². The molecule has 1 rings (SSSR count). The summed E-state index contributed by atoms with van der Waals surface area (Å²) in [4.78, 5) is 1.18. The molecular formula is C11H17F8N3O6S3. The Balaban J connectivity index is 3.19. The van der Waals surface area contributed by atoms with Crippen LogP contribution in [0.4, 0.5) is 35.1 Å². The molecule has 0 aromatic rings. The Morgan fingerprint density at radius 3 is 1.68 bits per heavy atom. The first-order valence-electron chi connectivity index (χ1n) is 7.97. The zero-order chi connectivity index (χ0) is 24.7. The molecule has 0 aliphatic carbocycles. The molecule has 186 valence electrons. The van der Waals surface area contributed by atoms with Crippen LogP contribution in [-0.4, -0.2) is 96.3 Å². The fourth-order valence-corrected chi connectivity index (χ4v) is 6.35. The van der Waals surface area contributed by atoms with Gasteiger partial charge in [0, 0.05) is 39.1 Å². The Kier molecular flexibility index (Phi) is 8.04. The zero-order valence-corrected chi connectivity index (χ0v) is 17.9. The Morgan fingerprint density at radius 2 is 1.29 bits per heavy atom. The molecular weight excluding hydrogens is 518 g/mol. The second-order valence-electron chi connectivity index (χ2n) is 6.39. The van der Waals surface area contributed by atoms with Crippen molar-refractivity contribution >= 4 is 30.1 Å². The molecule has 0 aromatic heterocycles. The predicted molar refractivity (Wildman–Crippen MR) is 89.3 cm³/mol. The van der Waals surface area contributed by atoms with Crippen LogP contribution >= 0.6 is 0 Å². The number of piperazine rings is 1. The van der Waals surface area contributed by atoms with Gasteiger partial charge in [-0.2, -0.15) is 30.6 Å². The van der Waals surface area contributed by atoms with E-state index in [0.717, 1.165) is 0 Å². The van der Waals surface area contributed by atoms with Gasteiger partial charge in [-0.3, -0.25) is 0 Å². The predicted octanol–water partition coefficient (Wildman–Crippen LogP) is 0.289. The lowest BCUT2D eigenvalue weighted by molar-refractivity contribution is -0.245. The summed E-state index contributed by atoms with van der Waals surface area (Å²) in [6.07, 6.45) is -3.44. The van der Waals surface area contributed by atoms with E-state index >= 15 is 0 Å². The molecule has 1 N–H and O–H groups in total. The van der Waals surface area contributed by atoms with Crippen LogP contribution in [0.5, 0.6) is 0 Å². The van der Waals surface area contributed by atoms with E-state index < -0.39 is 85.5 Å². The number of rotatable bonds is 10. The minimum absolute atomic E-state index is 0.0544. The fourth-order valence-electron chi connectivity index (χ4n) is 2.39. The van der Waals surface area contributed by atoms with Crippen LogP contribution in [0.3, 0.4) is 0 Å². The van der Waals surface area contributed by atoms with Crippen LogP contribution in [0.1, 0.15) is 6.42 Å². The summed E-state index contributed by atoms with van der Waals surface area (Å²) < 4.78 is 176. The van der Waals surface area contributed by atoms with Gasteiger partial charge in [0.15, 0.2) is 0 Å².